The van der Waals surface area contributed by atoms with Gasteiger partial charge >= 0.3 is 0 Å². The molecule has 194 valence electrons. The molecule has 10 nitrogen and oxygen atoms in total. The second-order valence-electron chi connectivity index (χ2n) is 9.80. The summed E-state index contributed by atoms with van der Waals surface area (Å²) >= 11 is 0. The summed E-state index contributed by atoms with van der Waals surface area (Å²) in [6.07, 6.45) is 4.66. The van der Waals surface area contributed by atoms with Crippen LogP contribution < -0.4 is 19.8 Å². The smallest absolute Gasteiger partial charge is 0.258 e. The summed E-state index contributed by atoms with van der Waals surface area (Å²) in [7, 11) is -3.68. The molecule has 0 bridgehead atoms. The average Bonchev–Trinajstić information content (AvgIpc) is 3.63. The second kappa shape index (κ2) is 10.2. The van der Waals surface area contributed by atoms with Gasteiger partial charge in [0, 0.05) is 26.2 Å². The lowest BCUT2D eigenvalue weighted by Crippen LogP contribution is -2.37. The predicted octanol–water partition coefficient (Wildman–Crippen LogP) is 2.28. The maximum atomic E-state index is 13.4. The van der Waals surface area contributed by atoms with Crippen molar-refractivity contribution in [2.24, 2.45) is 5.41 Å². The van der Waals surface area contributed by atoms with Gasteiger partial charge in [-0.15, -0.1) is 0 Å². The molecule has 1 aliphatic carbocycles. The van der Waals surface area contributed by atoms with E-state index in [1.54, 1.807) is 24.3 Å². The van der Waals surface area contributed by atoms with Gasteiger partial charge in [-0.25, -0.2) is 13.4 Å². The number of pyridine rings is 1. The normalized spacial score (nSPS) is 19.2. The van der Waals surface area contributed by atoms with Crippen LogP contribution in [0.4, 0.5) is 23.0 Å². The molecule has 36 heavy (non-hydrogen) atoms. The number of nitrogens with zero attached hydrogens (tertiary/aromatic N) is 3. The number of benzene rings is 1. The van der Waals surface area contributed by atoms with E-state index in [0.717, 1.165) is 44.8 Å². The quantitative estimate of drug-likeness (QED) is 0.489. The van der Waals surface area contributed by atoms with Crippen molar-refractivity contribution < 1.29 is 23.1 Å². The molecule has 1 aromatic heterocycles. The second-order valence-corrected chi connectivity index (χ2v) is 11.6. The first-order valence-electron chi connectivity index (χ1n) is 12.5. The van der Waals surface area contributed by atoms with Crippen LogP contribution in [0.15, 0.2) is 36.4 Å². The fraction of sp³-hybridized carbons (Fsp3) is 0.520. The monoisotopic (exact) mass is 515 g/mol. The number of hydrogen-bond donors (Lipinski definition) is 3. The van der Waals surface area contributed by atoms with E-state index in [2.05, 4.69) is 24.8 Å². The zero-order chi connectivity index (χ0) is 25.2. The van der Waals surface area contributed by atoms with E-state index in [0.29, 0.717) is 41.4 Å². The minimum Gasteiger partial charge on any atom is -0.395 e. The highest BCUT2D eigenvalue weighted by molar-refractivity contribution is 7.92. The molecule has 5 rings (SSSR count). The highest BCUT2D eigenvalue weighted by Crippen LogP contribution is 2.54. The van der Waals surface area contributed by atoms with E-state index in [1.165, 1.54) is 12.8 Å². The van der Waals surface area contributed by atoms with Crippen molar-refractivity contribution in [1.82, 2.24) is 4.98 Å². The van der Waals surface area contributed by atoms with Gasteiger partial charge in [0.05, 0.1) is 42.5 Å². The van der Waals surface area contributed by atoms with Gasteiger partial charge in [-0.3, -0.25) is 9.52 Å². The van der Waals surface area contributed by atoms with Gasteiger partial charge in [0.1, 0.15) is 11.6 Å². The topological polar surface area (TPSA) is 124 Å². The number of ether oxygens (including phenoxy) is 1. The summed E-state index contributed by atoms with van der Waals surface area (Å²) in [5.41, 5.74) is 1.99. The number of aliphatic hydroxyl groups is 1. The van der Waals surface area contributed by atoms with Crippen LogP contribution >= 0.6 is 0 Å². The molecule has 11 heteroatoms. The van der Waals surface area contributed by atoms with Crippen molar-refractivity contribution >= 4 is 38.9 Å². The molecule has 3 aliphatic rings. The van der Waals surface area contributed by atoms with E-state index < -0.39 is 16.6 Å². The molecular formula is C25H33N5O5S. The summed E-state index contributed by atoms with van der Waals surface area (Å²) in [5.74, 6) is 0.559. The van der Waals surface area contributed by atoms with Crippen LogP contribution in [0.1, 0.15) is 36.0 Å². The number of piperidine rings is 1. The Labute approximate surface area is 211 Å². The molecule has 1 spiro atoms. The van der Waals surface area contributed by atoms with Gasteiger partial charge in [-0.1, -0.05) is 6.07 Å². The van der Waals surface area contributed by atoms with Gasteiger partial charge in [0.15, 0.2) is 0 Å². The molecule has 0 radical (unpaired) electrons. The molecule has 1 aromatic carbocycles. The molecule has 0 unspecified atom stereocenters. The standard InChI is InChI=1S/C25H33N5O5S/c31-14-17-36(33,34)28-19-4-5-20(21(18-19)29-10-8-25(6-7-25)9-11-29)24(32)27-22-2-1-3-23(26-22)30-12-15-35-16-13-30/h1-5,18,28,31H,6-17H2,(H,26,27,32). The number of rotatable bonds is 8. The van der Waals surface area contributed by atoms with Crippen LogP contribution in [0, 0.1) is 5.41 Å². The zero-order valence-corrected chi connectivity index (χ0v) is 21.1. The molecule has 1 amide bonds. The van der Waals surface area contributed by atoms with Gasteiger partial charge < -0.3 is 25.0 Å². The van der Waals surface area contributed by atoms with Gasteiger partial charge in [-0.2, -0.15) is 0 Å². The molecular weight excluding hydrogens is 482 g/mol. The number of amides is 1. The summed E-state index contributed by atoms with van der Waals surface area (Å²) in [6, 6.07) is 10.5. The summed E-state index contributed by atoms with van der Waals surface area (Å²) in [4.78, 5) is 22.3. The van der Waals surface area contributed by atoms with E-state index in [9.17, 15) is 13.2 Å². The van der Waals surface area contributed by atoms with Crippen molar-refractivity contribution in [3.05, 3.63) is 42.0 Å². The number of aliphatic hydroxyl groups excluding tert-OH is 1. The zero-order valence-electron chi connectivity index (χ0n) is 20.3. The summed E-state index contributed by atoms with van der Waals surface area (Å²) in [5, 5.41) is 12.0. The van der Waals surface area contributed by atoms with E-state index >= 15 is 0 Å². The SMILES string of the molecule is O=C(Nc1cccc(N2CCOCC2)n1)c1ccc(NS(=O)(=O)CCO)cc1N1CCC2(CC1)CC2. The van der Waals surface area contributed by atoms with Crippen molar-refractivity contribution in [3.8, 4) is 0 Å². The number of anilines is 4. The number of aromatic nitrogens is 1. The Morgan fingerprint density at radius 1 is 1.03 bits per heavy atom. The van der Waals surface area contributed by atoms with E-state index in [-0.39, 0.29) is 11.7 Å². The van der Waals surface area contributed by atoms with Crippen LogP contribution in [0.3, 0.4) is 0 Å². The lowest BCUT2D eigenvalue weighted by molar-refractivity contribution is 0.102. The maximum absolute atomic E-state index is 13.4. The molecule has 3 N–H and O–H groups in total. The Morgan fingerprint density at radius 2 is 1.78 bits per heavy atom. The average molecular weight is 516 g/mol. The summed E-state index contributed by atoms with van der Waals surface area (Å²) < 4.78 is 32.4. The third-order valence-electron chi connectivity index (χ3n) is 7.31. The number of carbonyl (C=O) groups is 1. The van der Waals surface area contributed by atoms with Gasteiger partial charge in [0.25, 0.3) is 5.91 Å². The number of sulfonamides is 1. The Hall–Kier alpha value is -2.89. The molecule has 3 heterocycles. The van der Waals surface area contributed by atoms with Gasteiger partial charge in [-0.05, 0) is 61.4 Å². The Balaban J connectivity index is 1.38. The Bertz CT molecular complexity index is 1200. The molecule has 2 saturated heterocycles. The van der Waals surface area contributed by atoms with Crippen LogP contribution in [-0.4, -0.2) is 76.2 Å². The molecule has 2 aromatic rings. The lowest BCUT2D eigenvalue weighted by Gasteiger charge is -2.35. The molecule has 1 saturated carbocycles. The number of morpholine rings is 1. The maximum Gasteiger partial charge on any atom is 0.258 e. The molecule has 0 atom stereocenters. The van der Waals surface area contributed by atoms with Crippen molar-refractivity contribution in [2.75, 3.05) is 71.6 Å². The fourth-order valence-corrected chi connectivity index (χ4v) is 5.77. The Kier molecular flexibility index (Phi) is 7.05. The first-order chi connectivity index (χ1) is 17.4. The minimum absolute atomic E-state index is 0.298. The van der Waals surface area contributed by atoms with Crippen molar-refractivity contribution in [1.29, 1.82) is 0 Å². The van der Waals surface area contributed by atoms with Crippen LogP contribution in [0.25, 0.3) is 0 Å². The lowest BCUT2D eigenvalue weighted by atomic mass is 9.93. The van der Waals surface area contributed by atoms with Crippen LogP contribution in [0.5, 0.6) is 0 Å². The largest absolute Gasteiger partial charge is 0.395 e. The minimum atomic E-state index is -3.68. The van der Waals surface area contributed by atoms with Gasteiger partial charge in [0.2, 0.25) is 10.0 Å². The molecule has 3 fully saturated rings. The molecule has 2 aliphatic heterocycles. The predicted molar refractivity (Wildman–Crippen MR) is 139 cm³/mol. The van der Waals surface area contributed by atoms with Crippen molar-refractivity contribution in [3.63, 3.8) is 0 Å². The summed E-state index contributed by atoms with van der Waals surface area (Å²) in [6.45, 7) is 3.96. The fourth-order valence-electron chi connectivity index (χ4n) is 4.94. The first-order valence-corrected chi connectivity index (χ1v) is 14.1. The Morgan fingerprint density at radius 3 is 2.47 bits per heavy atom. The highest BCUT2D eigenvalue weighted by Gasteiger charge is 2.44. The third-order valence-corrected chi connectivity index (χ3v) is 8.58. The van der Waals surface area contributed by atoms with Crippen LogP contribution in [0.2, 0.25) is 0 Å². The van der Waals surface area contributed by atoms with E-state index in [4.69, 9.17) is 9.84 Å². The number of hydrogen-bond acceptors (Lipinski definition) is 8. The highest BCUT2D eigenvalue weighted by atomic mass is 32.2. The first kappa shape index (κ1) is 24.8. The van der Waals surface area contributed by atoms with Crippen LogP contribution in [-0.2, 0) is 14.8 Å². The third kappa shape index (κ3) is 5.74. The van der Waals surface area contributed by atoms with E-state index in [1.807, 2.05) is 12.1 Å². The number of carbonyl (C=O) groups excluding carboxylic acids is 1. The number of nitrogens with one attached hydrogen (secondary N) is 2. The van der Waals surface area contributed by atoms with Crippen molar-refractivity contribution in [2.45, 2.75) is 25.7 Å².